The monoisotopic (exact) mass is 409 g/mol. The van der Waals surface area contributed by atoms with E-state index in [0.29, 0.717) is 17.9 Å². The highest BCUT2D eigenvalue weighted by Crippen LogP contribution is 2.24. The Morgan fingerprint density at radius 3 is 2.60 bits per heavy atom. The van der Waals surface area contributed by atoms with Crippen LogP contribution in [-0.2, 0) is 7.05 Å². The molecule has 1 aromatic heterocycles. The number of ketones is 1. The Labute approximate surface area is 176 Å². The molecule has 7 nitrogen and oxygen atoms in total. The zero-order valence-electron chi connectivity index (χ0n) is 17.4. The summed E-state index contributed by atoms with van der Waals surface area (Å²) in [5.74, 6) is 2.19. The Morgan fingerprint density at radius 2 is 1.97 bits per heavy atom. The highest BCUT2D eigenvalue weighted by Gasteiger charge is 2.20. The number of hydrogen-bond acceptors (Lipinski definition) is 6. The van der Waals surface area contributed by atoms with Gasteiger partial charge in [0.25, 0.3) is 0 Å². The number of aryl methyl sites for hydroxylation is 1. The van der Waals surface area contributed by atoms with Crippen molar-refractivity contribution in [2.24, 2.45) is 7.05 Å². The number of methoxy groups -OCH3 is 1. The number of carbonyl (C=O) groups excluding carboxylic acids is 1. The molecule has 0 aliphatic carbocycles. The van der Waals surface area contributed by atoms with Crippen molar-refractivity contribution in [2.75, 3.05) is 20.3 Å². The fraction of sp³-hybridized carbons (Fsp3) is 0.304. The van der Waals surface area contributed by atoms with E-state index >= 15 is 0 Å². The maximum absolute atomic E-state index is 11.3. The maximum atomic E-state index is 11.3. The first-order valence-corrected chi connectivity index (χ1v) is 9.74. The highest BCUT2D eigenvalue weighted by atomic mass is 16.5. The number of Topliss-reactive ketones (excluding diaryl/α,β-unsaturated/α-hetero) is 1. The molecule has 0 bridgehead atoms. The minimum atomic E-state index is -0.731. The summed E-state index contributed by atoms with van der Waals surface area (Å²) in [6.07, 6.45) is 2.90. The van der Waals surface area contributed by atoms with Gasteiger partial charge in [0.1, 0.15) is 30.0 Å². The molecule has 0 spiro atoms. The minimum absolute atomic E-state index is 0.00338. The SMILES string of the molecule is COc1cccc(C(NCC(O)COc2ccc(C(C)=O)cc2)c2nccn2C)c1. The van der Waals surface area contributed by atoms with Crippen LogP contribution in [0, 0.1) is 0 Å². The van der Waals surface area contributed by atoms with Gasteiger partial charge in [-0.25, -0.2) is 4.98 Å². The number of hydrogen-bond donors (Lipinski definition) is 2. The Morgan fingerprint density at radius 1 is 1.20 bits per heavy atom. The van der Waals surface area contributed by atoms with Crippen LogP contribution in [0.3, 0.4) is 0 Å². The van der Waals surface area contributed by atoms with Crippen LogP contribution >= 0.6 is 0 Å². The van der Waals surface area contributed by atoms with Crippen molar-refractivity contribution >= 4 is 5.78 Å². The normalized spacial score (nSPS) is 12.9. The van der Waals surface area contributed by atoms with E-state index in [9.17, 15) is 9.90 Å². The van der Waals surface area contributed by atoms with Gasteiger partial charge in [0.15, 0.2) is 5.78 Å². The van der Waals surface area contributed by atoms with E-state index in [0.717, 1.165) is 17.1 Å². The predicted octanol–water partition coefficient (Wildman–Crippen LogP) is 2.75. The molecule has 0 saturated carbocycles. The van der Waals surface area contributed by atoms with Crippen LogP contribution in [-0.4, -0.2) is 46.8 Å². The third kappa shape index (κ3) is 5.46. The van der Waals surface area contributed by atoms with Crippen molar-refractivity contribution in [2.45, 2.75) is 19.1 Å². The van der Waals surface area contributed by atoms with Crippen LogP contribution in [0.4, 0.5) is 0 Å². The van der Waals surface area contributed by atoms with E-state index in [2.05, 4.69) is 10.3 Å². The molecule has 0 amide bonds. The largest absolute Gasteiger partial charge is 0.497 e. The van der Waals surface area contributed by atoms with Crippen LogP contribution in [0.5, 0.6) is 11.5 Å². The number of carbonyl (C=O) groups is 1. The number of aromatic nitrogens is 2. The molecule has 1 heterocycles. The third-order valence-corrected chi connectivity index (χ3v) is 4.80. The van der Waals surface area contributed by atoms with Crippen molar-refractivity contribution < 1.29 is 19.4 Å². The Kier molecular flexibility index (Phi) is 7.21. The average molecular weight is 409 g/mol. The van der Waals surface area contributed by atoms with Gasteiger partial charge in [0.2, 0.25) is 0 Å². The summed E-state index contributed by atoms with van der Waals surface area (Å²) < 4.78 is 12.9. The van der Waals surface area contributed by atoms with E-state index < -0.39 is 6.10 Å². The second-order valence-electron chi connectivity index (χ2n) is 7.06. The quantitative estimate of drug-likeness (QED) is 0.501. The van der Waals surface area contributed by atoms with Crippen LogP contribution in [0.2, 0.25) is 0 Å². The average Bonchev–Trinajstić information content (AvgIpc) is 3.18. The molecule has 7 heteroatoms. The van der Waals surface area contributed by atoms with Gasteiger partial charge in [-0.2, -0.15) is 0 Å². The third-order valence-electron chi connectivity index (χ3n) is 4.80. The first-order valence-electron chi connectivity index (χ1n) is 9.74. The smallest absolute Gasteiger partial charge is 0.159 e. The summed E-state index contributed by atoms with van der Waals surface area (Å²) in [7, 11) is 3.56. The number of imidazole rings is 1. The fourth-order valence-electron chi connectivity index (χ4n) is 3.13. The summed E-state index contributed by atoms with van der Waals surface area (Å²) in [6, 6.07) is 14.4. The Hall–Kier alpha value is -3.16. The number of ether oxygens (including phenoxy) is 2. The number of rotatable bonds is 10. The van der Waals surface area contributed by atoms with Gasteiger partial charge in [-0.05, 0) is 48.9 Å². The molecule has 0 aliphatic heterocycles. The first kappa shape index (κ1) is 21.5. The van der Waals surface area contributed by atoms with E-state index in [1.54, 1.807) is 37.6 Å². The van der Waals surface area contributed by atoms with Gasteiger partial charge < -0.3 is 24.5 Å². The topological polar surface area (TPSA) is 85.6 Å². The second-order valence-corrected chi connectivity index (χ2v) is 7.06. The maximum Gasteiger partial charge on any atom is 0.159 e. The van der Waals surface area contributed by atoms with Crippen molar-refractivity contribution in [1.29, 1.82) is 0 Å². The van der Waals surface area contributed by atoms with Crippen LogP contribution in [0.1, 0.15) is 34.7 Å². The van der Waals surface area contributed by atoms with Gasteiger partial charge in [0.05, 0.1) is 13.2 Å². The molecule has 30 heavy (non-hydrogen) atoms. The number of nitrogens with zero attached hydrogens (tertiary/aromatic N) is 2. The molecule has 2 N–H and O–H groups in total. The molecule has 3 rings (SSSR count). The summed E-state index contributed by atoms with van der Waals surface area (Å²) >= 11 is 0. The van der Waals surface area contributed by atoms with Gasteiger partial charge in [0, 0.05) is 31.5 Å². The highest BCUT2D eigenvalue weighted by molar-refractivity contribution is 5.94. The van der Waals surface area contributed by atoms with Crippen molar-refractivity contribution in [3.63, 3.8) is 0 Å². The fourth-order valence-corrected chi connectivity index (χ4v) is 3.13. The van der Waals surface area contributed by atoms with Crippen LogP contribution < -0.4 is 14.8 Å². The standard InChI is InChI=1S/C23H27N3O4/c1-16(27)17-7-9-20(10-8-17)30-15-19(28)14-25-22(23-24-11-12-26(23)2)18-5-4-6-21(13-18)29-3/h4-13,19,22,25,28H,14-15H2,1-3H3. The van der Waals surface area contributed by atoms with E-state index in [-0.39, 0.29) is 18.4 Å². The lowest BCUT2D eigenvalue weighted by Gasteiger charge is -2.22. The molecule has 158 valence electrons. The lowest BCUT2D eigenvalue weighted by atomic mass is 10.1. The minimum Gasteiger partial charge on any atom is -0.497 e. The van der Waals surface area contributed by atoms with Crippen molar-refractivity contribution in [3.05, 3.63) is 77.9 Å². The molecular formula is C23H27N3O4. The van der Waals surface area contributed by atoms with Crippen LogP contribution in [0.15, 0.2) is 60.9 Å². The van der Waals surface area contributed by atoms with E-state index in [1.165, 1.54) is 6.92 Å². The lowest BCUT2D eigenvalue weighted by molar-refractivity contribution is 0.101. The van der Waals surface area contributed by atoms with E-state index in [1.807, 2.05) is 42.1 Å². The van der Waals surface area contributed by atoms with Crippen LogP contribution in [0.25, 0.3) is 0 Å². The molecule has 3 aromatic rings. The number of benzene rings is 2. The van der Waals surface area contributed by atoms with Crippen molar-refractivity contribution in [3.8, 4) is 11.5 Å². The second kappa shape index (κ2) is 10.0. The van der Waals surface area contributed by atoms with Gasteiger partial charge in [-0.15, -0.1) is 0 Å². The summed E-state index contributed by atoms with van der Waals surface area (Å²) in [5, 5.41) is 13.8. The molecule has 2 aromatic carbocycles. The number of nitrogens with one attached hydrogen (secondary N) is 1. The predicted molar refractivity (Wildman–Crippen MR) is 114 cm³/mol. The van der Waals surface area contributed by atoms with Gasteiger partial charge in [-0.1, -0.05) is 12.1 Å². The lowest BCUT2D eigenvalue weighted by Crippen LogP contribution is -2.35. The Balaban J connectivity index is 1.63. The van der Waals surface area contributed by atoms with E-state index in [4.69, 9.17) is 9.47 Å². The number of aliphatic hydroxyl groups is 1. The Bertz CT molecular complexity index is 969. The zero-order chi connectivity index (χ0) is 21.5. The molecule has 0 radical (unpaired) electrons. The van der Waals surface area contributed by atoms with Gasteiger partial charge in [-0.3, -0.25) is 4.79 Å². The van der Waals surface area contributed by atoms with Crippen molar-refractivity contribution in [1.82, 2.24) is 14.9 Å². The summed E-state index contributed by atoms with van der Waals surface area (Å²) in [4.78, 5) is 15.8. The molecule has 2 atom stereocenters. The molecule has 0 saturated heterocycles. The molecule has 0 aliphatic rings. The van der Waals surface area contributed by atoms with Gasteiger partial charge >= 0.3 is 0 Å². The molecule has 2 unspecified atom stereocenters. The molecular weight excluding hydrogens is 382 g/mol. The first-order chi connectivity index (χ1) is 14.5. The summed E-state index contributed by atoms with van der Waals surface area (Å²) in [6.45, 7) is 1.95. The zero-order valence-corrected chi connectivity index (χ0v) is 17.4. The molecule has 0 fully saturated rings. The number of aliphatic hydroxyl groups excluding tert-OH is 1. The summed E-state index contributed by atoms with van der Waals surface area (Å²) in [5.41, 5.74) is 1.61.